The maximum absolute atomic E-state index is 11.9. The maximum Gasteiger partial charge on any atom is 0.241 e. The van der Waals surface area contributed by atoms with Crippen molar-refractivity contribution in [2.75, 3.05) is 13.1 Å². The smallest absolute Gasteiger partial charge is 0.241 e. The largest absolute Gasteiger partial charge is 0.351 e. The third kappa shape index (κ3) is 3.22. The third-order valence-electron chi connectivity index (χ3n) is 3.82. The highest BCUT2D eigenvalue weighted by molar-refractivity contribution is 5.85. The molecule has 2 fully saturated rings. The Bertz CT molecular complexity index is 453. The Morgan fingerprint density at radius 1 is 1.42 bits per heavy atom. The molecule has 0 spiro atoms. The Hall–Kier alpha value is -0.780. The van der Waals surface area contributed by atoms with Crippen LogP contribution in [0.5, 0.6) is 0 Å². The van der Waals surface area contributed by atoms with Crippen LogP contribution in [0.1, 0.15) is 11.4 Å². The molecule has 1 saturated carbocycles. The van der Waals surface area contributed by atoms with Gasteiger partial charge in [0, 0.05) is 24.8 Å². The number of carbonyl (C=O) groups is 1. The van der Waals surface area contributed by atoms with Gasteiger partial charge < -0.3 is 10.6 Å². The van der Waals surface area contributed by atoms with Gasteiger partial charge in [-0.25, -0.2) is 0 Å². The van der Waals surface area contributed by atoms with Gasteiger partial charge in [-0.05, 0) is 31.7 Å². The summed E-state index contributed by atoms with van der Waals surface area (Å²) < 4.78 is 1.76. The van der Waals surface area contributed by atoms with Crippen LogP contribution in [0.25, 0.3) is 0 Å². The van der Waals surface area contributed by atoms with E-state index in [9.17, 15) is 4.79 Å². The highest BCUT2D eigenvalue weighted by atomic mass is 35.5. The lowest BCUT2D eigenvalue weighted by Crippen LogP contribution is -2.35. The molecule has 108 valence electrons. The second-order valence-corrected chi connectivity index (χ2v) is 5.16. The zero-order valence-corrected chi connectivity index (χ0v) is 12.7. The number of nitrogens with one attached hydrogen (secondary N) is 2. The Morgan fingerprint density at radius 2 is 2.05 bits per heavy atom. The van der Waals surface area contributed by atoms with Gasteiger partial charge in [0.1, 0.15) is 6.54 Å². The Labute approximate surface area is 125 Å². The van der Waals surface area contributed by atoms with E-state index in [0.29, 0.717) is 24.4 Å². The molecular formula is C12H20Cl2N4O. The molecule has 2 aliphatic rings. The van der Waals surface area contributed by atoms with Crippen LogP contribution in [0.3, 0.4) is 0 Å². The quantitative estimate of drug-likeness (QED) is 0.863. The van der Waals surface area contributed by atoms with Gasteiger partial charge in [0.05, 0.1) is 5.69 Å². The SMILES string of the molecule is Cc1cc(C)n(CC(=O)NC2C3CNCC32)n1.Cl.Cl. The fraction of sp³-hybridized carbons (Fsp3) is 0.667. The van der Waals surface area contributed by atoms with Crippen molar-refractivity contribution in [1.82, 2.24) is 20.4 Å². The van der Waals surface area contributed by atoms with Crippen molar-refractivity contribution >= 4 is 30.7 Å². The summed E-state index contributed by atoms with van der Waals surface area (Å²) in [5.41, 5.74) is 2.00. The summed E-state index contributed by atoms with van der Waals surface area (Å²) in [4.78, 5) is 11.9. The van der Waals surface area contributed by atoms with Crippen molar-refractivity contribution < 1.29 is 4.79 Å². The topological polar surface area (TPSA) is 59.0 Å². The molecule has 0 radical (unpaired) electrons. The minimum Gasteiger partial charge on any atom is -0.351 e. The number of aryl methyl sites for hydroxylation is 2. The van der Waals surface area contributed by atoms with Crippen LogP contribution < -0.4 is 10.6 Å². The first-order chi connectivity index (χ1) is 8.15. The van der Waals surface area contributed by atoms with E-state index in [1.54, 1.807) is 4.68 Å². The summed E-state index contributed by atoms with van der Waals surface area (Å²) in [6, 6.07) is 2.39. The van der Waals surface area contributed by atoms with E-state index in [0.717, 1.165) is 24.5 Å². The number of carbonyl (C=O) groups excluding carboxylic acids is 1. The van der Waals surface area contributed by atoms with E-state index in [1.807, 2.05) is 19.9 Å². The molecule has 1 aliphatic heterocycles. The molecule has 7 heteroatoms. The van der Waals surface area contributed by atoms with Crippen molar-refractivity contribution in [3.63, 3.8) is 0 Å². The third-order valence-corrected chi connectivity index (χ3v) is 3.82. The molecule has 5 nitrogen and oxygen atoms in total. The summed E-state index contributed by atoms with van der Waals surface area (Å²) in [6.07, 6.45) is 0. The average Bonchev–Trinajstić information content (AvgIpc) is 2.65. The maximum atomic E-state index is 11.9. The minimum atomic E-state index is 0. The van der Waals surface area contributed by atoms with E-state index in [1.165, 1.54) is 0 Å². The summed E-state index contributed by atoms with van der Waals surface area (Å²) in [5.74, 6) is 1.41. The summed E-state index contributed by atoms with van der Waals surface area (Å²) in [6.45, 7) is 6.36. The van der Waals surface area contributed by atoms with Crippen LogP contribution >= 0.6 is 24.8 Å². The first-order valence-corrected chi connectivity index (χ1v) is 6.16. The predicted octanol–water partition coefficient (Wildman–Crippen LogP) is 0.678. The summed E-state index contributed by atoms with van der Waals surface area (Å²) >= 11 is 0. The number of nitrogens with zero attached hydrogens (tertiary/aromatic N) is 2. The standard InChI is InChI=1S/C12H18N4O.2ClH/c1-7-3-8(2)16(15-7)6-11(17)14-12-9-4-13-5-10(9)12;;/h3,9-10,12-13H,4-6H2,1-2H3,(H,14,17);2*1H. The van der Waals surface area contributed by atoms with Gasteiger partial charge in [0.2, 0.25) is 5.91 Å². The van der Waals surface area contributed by atoms with Crippen LogP contribution in [-0.2, 0) is 11.3 Å². The number of hydrogen-bond donors (Lipinski definition) is 2. The van der Waals surface area contributed by atoms with E-state index in [2.05, 4.69) is 15.7 Å². The van der Waals surface area contributed by atoms with Crippen molar-refractivity contribution in [3.8, 4) is 0 Å². The molecule has 1 aromatic heterocycles. The number of aromatic nitrogens is 2. The van der Waals surface area contributed by atoms with Gasteiger partial charge in [-0.2, -0.15) is 5.10 Å². The number of piperidine rings is 1. The lowest BCUT2D eigenvalue weighted by atomic mass is 10.4. The first-order valence-electron chi connectivity index (χ1n) is 6.16. The molecule has 19 heavy (non-hydrogen) atoms. The fourth-order valence-corrected chi connectivity index (χ4v) is 2.83. The van der Waals surface area contributed by atoms with Crippen LogP contribution in [0.4, 0.5) is 0 Å². The lowest BCUT2D eigenvalue weighted by molar-refractivity contribution is -0.122. The van der Waals surface area contributed by atoms with Crippen molar-refractivity contribution in [2.45, 2.75) is 26.4 Å². The van der Waals surface area contributed by atoms with Gasteiger partial charge >= 0.3 is 0 Å². The van der Waals surface area contributed by atoms with Crippen molar-refractivity contribution in [3.05, 3.63) is 17.5 Å². The molecule has 1 aromatic rings. The van der Waals surface area contributed by atoms with E-state index in [4.69, 9.17) is 0 Å². The Kier molecular flexibility index (Phi) is 5.24. The predicted molar refractivity (Wildman–Crippen MR) is 78.0 cm³/mol. The van der Waals surface area contributed by atoms with Gasteiger partial charge in [-0.15, -0.1) is 24.8 Å². The Balaban J connectivity index is 0.000000902. The number of fused-ring (bicyclic) bond motifs is 1. The molecule has 1 aliphatic carbocycles. The van der Waals surface area contributed by atoms with Crippen molar-refractivity contribution in [1.29, 1.82) is 0 Å². The highest BCUT2D eigenvalue weighted by Crippen LogP contribution is 2.41. The molecule has 2 heterocycles. The number of hydrogen-bond acceptors (Lipinski definition) is 3. The highest BCUT2D eigenvalue weighted by Gasteiger charge is 2.53. The zero-order valence-electron chi connectivity index (χ0n) is 11.0. The van der Waals surface area contributed by atoms with Gasteiger partial charge in [-0.1, -0.05) is 0 Å². The van der Waals surface area contributed by atoms with E-state index in [-0.39, 0.29) is 30.7 Å². The summed E-state index contributed by atoms with van der Waals surface area (Å²) in [7, 11) is 0. The molecular weight excluding hydrogens is 287 g/mol. The lowest BCUT2D eigenvalue weighted by Gasteiger charge is -2.08. The minimum absolute atomic E-state index is 0. The molecule has 2 N–H and O–H groups in total. The fourth-order valence-electron chi connectivity index (χ4n) is 2.83. The van der Waals surface area contributed by atoms with Crippen LogP contribution in [0, 0.1) is 25.7 Å². The van der Waals surface area contributed by atoms with Gasteiger partial charge in [0.15, 0.2) is 0 Å². The zero-order chi connectivity index (χ0) is 12.0. The summed E-state index contributed by atoms with van der Waals surface area (Å²) in [5, 5.41) is 10.7. The van der Waals surface area contributed by atoms with Gasteiger partial charge in [0.25, 0.3) is 0 Å². The van der Waals surface area contributed by atoms with Crippen LogP contribution in [0.2, 0.25) is 0 Å². The molecule has 1 saturated heterocycles. The second kappa shape index (κ2) is 6.11. The first kappa shape index (κ1) is 16.3. The van der Waals surface area contributed by atoms with Crippen LogP contribution in [0.15, 0.2) is 6.07 Å². The molecule has 0 aromatic carbocycles. The number of amides is 1. The molecule has 2 atom stereocenters. The van der Waals surface area contributed by atoms with Crippen LogP contribution in [-0.4, -0.2) is 34.8 Å². The van der Waals surface area contributed by atoms with E-state index < -0.39 is 0 Å². The average molecular weight is 307 g/mol. The van der Waals surface area contributed by atoms with E-state index >= 15 is 0 Å². The Morgan fingerprint density at radius 3 is 2.58 bits per heavy atom. The monoisotopic (exact) mass is 306 g/mol. The number of halogens is 2. The van der Waals surface area contributed by atoms with Gasteiger partial charge in [-0.3, -0.25) is 9.48 Å². The molecule has 0 bridgehead atoms. The second-order valence-electron chi connectivity index (χ2n) is 5.16. The molecule has 3 rings (SSSR count). The molecule has 1 amide bonds. The normalized spacial score (nSPS) is 26.9. The molecule has 2 unspecified atom stereocenters. The number of rotatable bonds is 3. The van der Waals surface area contributed by atoms with Crippen molar-refractivity contribution in [2.24, 2.45) is 11.8 Å².